The second-order valence-electron chi connectivity index (χ2n) is 12.3. The summed E-state index contributed by atoms with van der Waals surface area (Å²) in [5, 5.41) is 13.2. The lowest BCUT2D eigenvalue weighted by molar-refractivity contribution is 0.108. The summed E-state index contributed by atoms with van der Waals surface area (Å²) in [6.07, 6.45) is 1.18. The number of hydrogen-bond donors (Lipinski definition) is 3. The van der Waals surface area contributed by atoms with Gasteiger partial charge in [-0.05, 0) is 73.7 Å². The number of halogens is 2. The second kappa shape index (κ2) is 14.8. The first kappa shape index (κ1) is 34.2. The molecule has 2 aromatic heterocycles. The molecule has 0 unspecified atom stereocenters. The quantitative estimate of drug-likeness (QED) is 0.155. The van der Waals surface area contributed by atoms with E-state index in [0.717, 1.165) is 23.3 Å². The van der Waals surface area contributed by atoms with Gasteiger partial charge in [-0.25, -0.2) is 23.9 Å². The van der Waals surface area contributed by atoms with Gasteiger partial charge in [-0.1, -0.05) is 48.5 Å². The van der Waals surface area contributed by atoms with Gasteiger partial charge in [-0.3, -0.25) is 23.7 Å². The summed E-state index contributed by atoms with van der Waals surface area (Å²) in [5.41, 5.74) is 3.77. The standard InChI is InChI=1S/C36H37F2N5O5S/c1-41(19-22-7-4-3-5-8-22)20-28-31-33(45)43(25-15-17-26(44)18-16-25)36(47)42(21-27-29(37)9-6-10-30(27)38)34(31)49-32(28)23-11-13-24(14-12-23)39-35(46)40-48-2/h3-14,25-26,44H,15-21H2,1-2H3,(H2,39,40,46). The van der Waals surface area contributed by atoms with E-state index in [2.05, 4.69) is 20.5 Å². The first-order valence-electron chi connectivity index (χ1n) is 16.0. The molecule has 2 amide bonds. The molecule has 1 aliphatic rings. The highest BCUT2D eigenvalue weighted by Gasteiger charge is 2.29. The van der Waals surface area contributed by atoms with E-state index in [1.165, 1.54) is 33.6 Å². The average molecular weight is 690 g/mol. The molecule has 0 bridgehead atoms. The molecule has 3 N–H and O–H groups in total. The number of benzene rings is 3. The SMILES string of the molecule is CONC(=O)Nc1ccc(-c2sc3c(c2CN(C)Cc2ccccc2)c(=O)n(C2CCC(O)CC2)c(=O)n3Cc2c(F)cccc2F)cc1. The molecule has 10 nitrogen and oxygen atoms in total. The van der Waals surface area contributed by atoms with E-state index in [4.69, 9.17) is 0 Å². The zero-order valence-corrected chi connectivity index (χ0v) is 27.9. The van der Waals surface area contributed by atoms with Crippen molar-refractivity contribution in [1.82, 2.24) is 19.5 Å². The molecule has 0 atom stereocenters. The van der Waals surface area contributed by atoms with Crippen molar-refractivity contribution in [3.8, 4) is 10.4 Å². The van der Waals surface area contributed by atoms with Crippen molar-refractivity contribution in [2.75, 3.05) is 19.5 Å². The Morgan fingerprint density at radius 2 is 1.61 bits per heavy atom. The van der Waals surface area contributed by atoms with Gasteiger partial charge in [0.2, 0.25) is 0 Å². The van der Waals surface area contributed by atoms with Crippen molar-refractivity contribution in [1.29, 1.82) is 0 Å². The molecule has 13 heteroatoms. The summed E-state index contributed by atoms with van der Waals surface area (Å²) in [4.78, 5) is 48.6. The van der Waals surface area contributed by atoms with Crippen LogP contribution >= 0.6 is 11.3 Å². The minimum absolute atomic E-state index is 0.280. The highest BCUT2D eigenvalue weighted by molar-refractivity contribution is 7.22. The number of carbonyl (C=O) groups excluding carboxylic acids is 1. The number of fused-ring (bicyclic) bond motifs is 1. The topological polar surface area (TPSA) is 118 Å². The van der Waals surface area contributed by atoms with Crippen molar-refractivity contribution in [2.45, 2.75) is 57.5 Å². The van der Waals surface area contributed by atoms with Crippen molar-refractivity contribution in [3.63, 3.8) is 0 Å². The average Bonchev–Trinajstić information content (AvgIpc) is 3.45. The Balaban J connectivity index is 1.56. The third-order valence-electron chi connectivity index (χ3n) is 8.84. The number of amides is 2. The van der Waals surface area contributed by atoms with E-state index in [9.17, 15) is 19.5 Å². The van der Waals surface area contributed by atoms with Crippen LogP contribution in [0.25, 0.3) is 20.7 Å². The van der Waals surface area contributed by atoms with Gasteiger partial charge in [0.25, 0.3) is 5.56 Å². The van der Waals surface area contributed by atoms with Crippen LogP contribution in [0.4, 0.5) is 19.3 Å². The summed E-state index contributed by atoms with van der Waals surface area (Å²) in [6, 6.07) is 19.4. The normalized spacial score (nSPS) is 16.3. The number of rotatable bonds is 10. The Morgan fingerprint density at radius 3 is 2.27 bits per heavy atom. The molecule has 5 aromatic rings. The number of carbonyl (C=O) groups is 1. The zero-order chi connectivity index (χ0) is 34.7. The number of hydrogen-bond acceptors (Lipinski definition) is 7. The lowest BCUT2D eigenvalue weighted by Gasteiger charge is -2.27. The Labute approximate surface area is 285 Å². The van der Waals surface area contributed by atoms with Crippen molar-refractivity contribution in [3.05, 3.63) is 122 Å². The van der Waals surface area contributed by atoms with Crippen molar-refractivity contribution < 1.29 is 23.5 Å². The smallest absolute Gasteiger partial charge is 0.343 e. The van der Waals surface area contributed by atoms with E-state index >= 15 is 8.78 Å². The summed E-state index contributed by atoms with van der Waals surface area (Å²) >= 11 is 1.21. The minimum atomic E-state index is -0.793. The molecule has 1 saturated carbocycles. The van der Waals surface area contributed by atoms with Gasteiger partial charge in [0.05, 0.1) is 25.1 Å². The lowest BCUT2D eigenvalue weighted by Crippen LogP contribution is -2.43. The van der Waals surface area contributed by atoms with Crippen molar-refractivity contribution >= 4 is 33.3 Å². The number of aliphatic hydroxyl groups excluding tert-OH is 1. The molecule has 2 heterocycles. The molecule has 49 heavy (non-hydrogen) atoms. The summed E-state index contributed by atoms with van der Waals surface area (Å²) < 4.78 is 32.6. The molecule has 6 rings (SSSR count). The van der Waals surface area contributed by atoms with E-state index in [-0.39, 0.29) is 5.56 Å². The minimum Gasteiger partial charge on any atom is -0.393 e. The number of aromatic nitrogens is 2. The van der Waals surface area contributed by atoms with Gasteiger partial charge < -0.3 is 10.4 Å². The highest BCUT2D eigenvalue weighted by atomic mass is 32.1. The van der Waals surface area contributed by atoms with Crippen LogP contribution in [-0.2, 0) is 24.5 Å². The van der Waals surface area contributed by atoms with Crippen LogP contribution in [0.5, 0.6) is 0 Å². The molecular formula is C36H37F2N5O5S. The number of nitrogens with one attached hydrogen (secondary N) is 2. The van der Waals surface area contributed by atoms with Crippen LogP contribution in [0.3, 0.4) is 0 Å². The molecule has 0 saturated heterocycles. The fourth-order valence-corrected chi connectivity index (χ4v) is 7.77. The first-order chi connectivity index (χ1) is 23.6. The van der Waals surface area contributed by atoms with Crippen LogP contribution in [0.1, 0.15) is 48.4 Å². The van der Waals surface area contributed by atoms with E-state index < -0.39 is 47.6 Å². The van der Waals surface area contributed by atoms with E-state index in [1.807, 2.05) is 37.4 Å². The third-order valence-corrected chi connectivity index (χ3v) is 10.1. The van der Waals surface area contributed by atoms with Gasteiger partial charge in [0.15, 0.2) is 0 Å². The number of thiophene rings is 1. The molecule has 0 radical (unpaired) electrons. The molecule has 3 aromatic carbocycles. The number of urea groups is 1. The van der Waals surface area contributed by atoms with Gasteiger partial charge >= 0.3 is 11.7 Å². The molecule has 256 valence electrons. The monoisotopic (exact) mass is 689 g/mol. The maximum atomic E-state index is 15.1. The maximum Gasteiger partial charge on any atom is 0.343 e. The molecule has 0 aliphatic heterocycles. The Hall–Kier alpha value is -4.69. The zero-order valence-electron chi connectivity index (χ0n) is 27.1. The molecule has 0 spiro atoms. The van der Waals surface area contributed by atoms with Gasteiger partial charge in [0, 0.05) is 35.3 Å². The molecule has 1 fully saturated rings. The van der Waals surface area contributed by atoms with Crippen LogP contribution in [0.2, 0.25) is 0 Å². The first-order valence-corrected chi connectivity index (χ1v) is 16.8. The fraction of sp³-hybridized carbons (Fsp3) is 0.306. The summed E-state index contributed by atoms with van der Waals surface area (Å²) in [6.45, 7) is 0.482. The predicted molar refractivity (Wildman–Crippen MR) is 186 cm³/mol. The number of hydroxylamine groups is 1. The largest absolute Gasteiger partial charge is 0.393 e. The molecular weight excluding hydrogens is 652 g/mol. The van der Waals surface area contributed by atoms with Crippen LogP contribution in [-0.4, -0.2) is 45.4 Å². The Kier molecular flexibility index (Phi) is 10.3. The second-order valence-corrected chi connectivity index (χ2v) is 13.3. The Morgan fingerprint density at radius 1 is 0.939 bits per heavy atom. The van der Waals surface area contributed by atoms with Crippen LogP contribution in [0, 0.1) is 11.6 Å². The van der Waals surface area contributed by atoms with Gasteiger partial charge in [-0.2, -0.15) is 0 Å². The van der Waals surface area contributed by atoms with Gasteiger partial charge in [0.1, 0.15) is 16.5 Å². The number of aliphatic hydroxyl groups is 1. The van der Waals surface area contributed by atoms with Crippen molar-refractivity contribution in [2.24, 2.45) is 0 Å². The third kappa shape index (κ3) is 7.35. The summed E-state index contributed by atoms with van der Waals surface area (Å²) in [7, 11) is 3.26. The van der Waals surface area contributed by atoms with Crippen LogP contribution in [0.15, 0.2) is 82.4 Å². The van der Waals surface area contributed by atoms with Gasteiger partial charge in [-0.15, -0.1) is 11.3 Å². The van der Waals surface area contributed by atoms with Crippen LogP contribution < -0.4 is 22.0 Å². The fourth-order valence-electron chi connectivity index (χ4n) is 6.47. The number of nitrogens with zero attached hydrogens (tertiary/aromatic N) is 3. The Bertz CT molecular complexity index is 2050. The predicted octanol–water partition coefficient (Wildman–Crippen LogP) is 6.01. The van der Waals surface area contributed by atoms with E-state index in [1.54, 1.807) is 24.3 Å². The lowest BCUT2D eigenvalue weighted by atomic mass is 9.93. The number of anilines is 1. The van der Waals surface area contributed by atoms with E-state index in [0.29, 0.717) is 65.1 Å². The maximum absolute atomic E-state index is 15.1. The molecule has 1 aliphatic carbocycles. The highest BCUT2D eigenvalue weighted by Crippen LogP contribution is 2.39. The summed E-state index contributed by atoms with van der Waals surface area (Å²) in [5.74, 6) is -1.59.